The molecule has 0 spiro atoms. The Bertz CT molecular complexity index is 497. The lowest BCUT2D eigenvalue weighted by Gasteiger charge is -2.07. The van der Waals surface area contributed by atoms with Crippen molar-refractivity contribution in [1.29, 1.82) is 0 Å². The van der Waals surface area contributed by atoms with Crippen LogP contribution in [0.15, 0.2) is 24.3 Å². The van der Waals surface area contributed by atoms with Gasteiger partial charge in [0.15, 0.2) is 0 Å². The average molecular weight is 352 g/mol. The molecule has 0 fully saturated rings. The Hall–Kier alpha value is -1.92. The minimum Gasteiger partial charge on any atom is -0.462 e. The second kappa shape index (κ2) is 13.4. The van der Waals surface area contributed by atoms with Crippen molar-refractivity contribution in [2.24, 2.45) is 0 Å². The van der Waals surface area contributed by atoms with Gasteiger partial charge < -0.3 is 18.9 Å². The summed E-state index contributed by atoms with van der Waals surface area (Å²) in [5.74, 6) is -0.830. The van der Waals surface area contributed by atoms with Crippen LogP contribution in [0.4, 0.5) is 0 Å². The molecule has 0 bridgehead atoms. The quantitative estimate of drug-likeness (QED) is 0.401. The first kappa shape index (κ1) is 21.1. The summed E-state index contributed by atoms with van der Waals surface area (Å²) < 4.78 is 20.8. The first-order valence-corrected chi connectivity index (χ1v) is 8.78. The van der Waals surface area contributed by atoms with Crippen LogP contribution in [-0.2, 0) is 18.9 Å². The highest BCUT2D eigenvalue weighted by molar-refractivity contribution is 5.93. The number of hydrogen-bond donors (Lipinski definition) is 0. The predicted molar refractivity (Wildman–Crippen MR) is 93.8 cm³/mol. The predicted octanol–water partition coefficient (Wildman–Crippen LogP) is 3.24. The SMILES string of the molecule is CCCCOC(=O)c1ccc(C(=O)OCCOCCOCCC)cc1. The van der Waals surface area contributed by atoms with Gasteiger partial charge in [-0.3, -0.25) is 0 Å². The van der Waals surface area contributed by atoms with E-state index in [1.165, 1.54) is 0 Å². The number of carbonyl (C=O) groups is 2. The number of hydrogen-bond acceptors (Lipinski definition) is 6. The van der Waals surface area contributed by atoms with Gasteiger partial charge in [0.2, 0.25) is 0 Å². The third kappa shape index (κ3) is 9.22. The van der Waals surface area contributed by atoms with Crippen LogP contribution < -0.4 is 0 Å². The molecule has 1 aromatic carbocycles. The maximum absolute atomic E-state index is 11.9. The van der Waals surface area contributed by atoms with Crippen molar-refractivity contribution in [3.63, 3.8) is 0 Å². The molecule has 6 heteroatoms. The van der Waals surface area contributed by atoms with Crippen molar-refractivity contribution in [2.45, 2.75) is 33.1 Å². The monoisotopic (exact) mass is 352 g/mol. The summed E-state index contributed by atoms with van der Waals surface area (Å²) >= 11 is 0. The lowest BCUT2D eigenvalue weighted by molar-refractivity contribution is 0.0147. The van der Waals surface area contributed by atoms with Gasteiger partial charge in [-0.2, -0.15) is 0 Å². The Morgan fingerprint density at radius 1 is 0.680 bits per heavy atom. The van der Waals surface area contributed by atoms with Crippen LogP contribution in [0.25, 0.3) is 0 Å². The fourth-order valence-corrected chi connectivity index (χ4v) is 1.88. The van der Waals surface area contributed by atoms with E-state index in [1.54, 1.807) is 24.3 Å². The van der Waals surface area contributed by atoms with Crippen LogP contribution in [0.1, 0.15) is 53.8 Å². The molecule has 6 nitrogen and oxygen atoms in total. The first-order chi connectivity index (χ1) is 12.2. The minimum atomic E-state index is -0.447. The standard InChI is InChI=1S/C19H28O6/c1-3-5-11-24-18(20)16-6-8-17(9-7-16)19(21)25-15-14-23-13-12-22-10-4-2/h6-9H,3-5,10-15H2,1-2H3. The molecule has 0 saturated heterocycles. The Balaban J connectivity index is 2.24. The van der Waals surface area contributed by atoms with Gasteiger partial charge >= 0.3 is 11.9 Å². The number of ether oxygens (including phenoxy) is 4. The summed E-state index contributed by atoms with van der Waals surface area (Å²) in [6.45, 7) is 6.71. The Morgan fingerprint density at radius 2 is 1.16 bits per heavy atom. The molecule has 0 heterocycles. The van der Waals surface area contributed by atoms with E-state index in [0.717, 1.165) is 25.9 Å². The van der Waals surface area contributed by atoms with Gasteiger partial charge in [0, 0.05) is 6.61 Å². The minimum absolute atomic E-state index is 0.174. The number of unbranched alkanes of at least 4 members (excludes halogenated alkanes) is 1. The zero-order valence-electron chi connectivity index (χ0n) is 15.1. The Labute approximate surface area is 149 Å². The molecule has 0 unspecified atom stereocenters. The summed E-state index contributed by atoms with van der Waals surface area (Å²) in [5.41, 5.74) is 0.805. The summed E-state index contributed by atoms with van der Waals surface area (Å²) in [7, 11) is 0. The second-order valence-electron chi connectivity index (χ2n) is 5.43. The third-order valence-corrected chi connectivity index (χ3v) is 3.27. The second-order valence-corrected chi connectivity index (χ2v) is 5.43. The molecule has 0 saturated carbocycles. The van der Waals surface area contributed by atoms with Crippen molar-refractivity contribution in [3.8, 4) is 0 Å². The molecule has 0 aliphatic heterocycles. The molecule has 0 atom stereocenters. The van der Waals surface area contributed by atoms with Crippen LogP contribution in [0, 0.1) is 0 Å². The smallest absolute Gasteiger partial charge is 0.338 e. The summed E-state index contributed by atoms with van der Waals surface area (Å²) in [6.07, 6.45) is 2.78. The molecule has 25 heavy (non-hydrogen) atoms. The molecule has 0 radical (unpaired) electrons. The van der Waals surface area contributed by atoms with Crippen LogP contribution >= 0.6 is 0 Å². The first-order valence-electron chi connectivity index (χ1n) is 8.78. The fourth-order valence-electron chi connectivity index (χ4n) is 1.88. The molecule has 0 N–H and O–H groups in total. The molecular formula is C19H28O6. The number of rotatable bonds is 13. The van der Waals surface area contributed by atoms with E-state index in [9.17, 15) is 9.59 Å². The van der Waals surface area contributed by atoms with Gasteiger partial charge in [0.05, 0.1) is 37.6 Å². The van der Waals surface area contributed by atoms with E-state index < -0.39 is 5.97 Å². The molecule has 0 aliphatic carbocycles. The van der Waals surface area contributed by atoms with E-state index in [4.69, 9.17) is 18.9 Å². The maximum Gasteiger partial charge on any atom is 0.338 e. The zero-order valence-corrected chi connectivity index (χ0v) is 15.1. The number of carbonyl (C=O) groups excluding carboxylic acids is 2. The van der Waals surface area contributed by atoms with E-state index in [-0.39, 0.29) is 12.6 Å². The topological polar surface area (TPSA) is 71.1 Å². The van der Waals surface area contributed by atoms with Crippen LogP contribution in [0.5, 0.6) is 0 Å². The largest absolute Gasteiger partial charge is 0.462 e. The fraction of sp³-hybridized carbons (Fsp3) is 0.579. The van der Waals surface area contributed by atoms with E-state index in [2.05, 4.69) is 0 Å². The third-order valence-electron chi connectivity index (χ3n) is 3.27. The highest BCUT2D eigenvalue weighted by Crippen LogP contribution is 2.08. The van der Waals surface area contributed by atoms with E-state index in [0.29, 0.717) is 37.6 Å². The average Bonchev–Trinajstić information content (AvgIpc) is 2.64. The molecular weight excluding hydrogens is 324 g/mol. The molecule has 0 aliphatic rings. The molecule has 140 valence electrons. The molecule has 0 amide bonds. The summed E-state index contributed by atoms with van der Waals surface area (Å²) in [6, 6.07) is 6.23. The molecule has 0 aromatic heterocycles. The lowest BCUT2D eigenvalue weighted by Crippen LogP contribution is -2.13. The van der Waals surface area contributed by atoms with Gasteiger partial charge in [-0.05, 0) is 37.1 Å². The number of esters is 2. The van der Waals surface area contributed by atoms with Gasteiger partial charge in [0.1, 0.15) is 6.61 Å². The summed E-state index contributed by atoms with van der Waals surface area (Å²) in [4.78, 5) is 23.7. The van der Waals surface area contributed by atoms with Crippen LogP contribution in [-0.4, -0.2) is 51.6 Å². The van der Waals surface area contributed by atoms with Gasteiger partial charge in [-0.1, -0.05) is 20.3 Å². The van der Waals surface area contributed by atoms with Crippen molar-refractivity contribution < 1.29 is 28.5 Å². The Kier molecular flexibility index (Phi) is 11.3. The van der Waals surface area contributed by atoms with Crippen molar-refractivity contribution >= 4 is 11.9 Å². The zero-order chi connectivity index (χ0) is 18.3. The highest BCUT2D eigenvalue weighted by atomic mass is 16.6. The van der Waals surface area contributed by atoms with Crippen LogP contribution in [0.2, 0.25) is 0 Å². The summed E-state index contributed by atoms with van der Waals surface area (Å²) in [5, 5.41) is 0. The van der Waals surface area contributed by atoms with Gasteiger partial charge in [-0.25, -0.2) is 9.59 Å². The van der Waals surface area contributed by atoms with Gasteiger partial charge in [-0.15, -0.1) is 0 Å². The number of benzene rings is 1. The Morgan fingerprint density at radius 3 is 1.68 bits per heavy atom. The normalized spacial score (nSPS) is 10.5. The van der Waals surface area contributed by atoms with Crippen molar-refractivity contribution in [2.75, 3.05) is 39.6 Å². The van der Waals surface area contributed by atoms with E-state index >= 15 is 0 Å². The van der Waals surface area contributed by atoms with Crippen LogP contribution in [0.3, 0.4) is 0 Å². The maximum atomic E-state index is 11.9. The van der Waals surface area contributed by atoms with Crippen molar-refractivity contribution in [3.05, 3.63) is 35.4 Å². The highest BCUT2D eigenvalue weighted by Gasteiger charge is 2.10. The lowest BCUT2D eigenvalue weighted by atomic mass is 10.1. The van der Waals surface area contributed by atoms with Crippen molar-refractivity contribution in [1.82, 2.24) is 0 Å². The van der Waals surface area contributed by atoms with E-state index in [1.807, 2.05) is 13.8 Å². The molecule has 1 aromatic rings. The molecule has 1 rings (SSSR count). The van der Waals surface area contributed by atoms with Gasteiger partial charge in [0.25, 0.3) is 0 Å².